The highest BCUT2D eigenvalue weighted by Crippen LogP contribution is 2.44. The summed E-state index contributed by atoms with van der Waals surface area (Å²) in [6, 6.07) is 10.7. The molecule has 4 nitrogen and oxygen atoms in total. The summed E-state index contributed by atoms with van der Waals surface area (Å²) >= 11 is 6.43. The number of piperidine rings is 1. The lowest BCUT2D eigenvalue weighted by molar-refractivity contribution is 0.339. The maximum Gasteiger partial charge on any atom is 0.105 e. The average molecular weight is 419 g/mol. The fourth-order valence-electron chi connectivity index (χ4n) is 5.05. The van der Waals surface area contributed by atoms with Crippen LogP contribution in [0.3, 0.4) is 0 Å². The molecule has 0 bridgehead atoms. The van der Waals surface area contributed by atoms with Gasteiger partial charge in [-0.15, -0.1) is 0 Å². The largest absolute Gasteiger partial charge is 0.335 e. The zero-order valence-electron chi connectivity index (χ0n) is 17.3. The summed E-state index contributed by atoms with van der Waals surface area (Å²) in [5, 5.41) is 4.30. The van der Waals surface area contributed by atoms with Gasteiger partial charge >= 0.3 is 0 Å². The Labute approximate surface area is 183 Å². The molecule has 5 rings (SSSR count). The summed E-state index contributed by atoms with van der Waals surface area (Å²) < 4.78 is 2.21. The number of fused-ring (bicyclic) bond motifs is 2. The molecule has 2 aromatic heterocycles. The zero-order valence-corrected chi connectivity index (χ0v) is 18.1. The van der Waals surface area contributed by atoms with Crippen LogP contribution in [0.4, 0.5) is 0 Å². The van der Waals surface area contributed by atoms with Crippen molar-refractivity contribution >= 4 is 23.3 Å². The molecule has 3 heterocycles. The van der Waals surface area contributed by atoms with Crippen molar-refractivity contribution in [3.05, 3.63) is 82.2 Å². The summed E-state index contributed by atoms with van der Waals surface area (Å²) in [6.45, 7) is 5.11. The molecule has 1 aliphatic heterocycles. The van der Waals surface area contributed by atoms with Gasteiger partial charge in [0.25, 0.3) is 0 Å². The van der Waals surface area contributed by atoms with Crippen LogP contribution in [0.25, 0.3) is 11.6 Å². The van der Waals surface area contributed by atoms with Gasteiger partial charge in [-0.05, 0) is 85.7 Å². The van der Waals surface area contributed by atoms with E-state index < -0.39 is 0 Å². The summed E-state index contributed by atoms with van der Waals surface area (Å²) in [6.07, 6.45) is 11.5. The second-order valence-corrected chi connectivity index (χ2v) is 8.80. The van der Waals surface area contributed by atoms with Crippen LogP contribution in [0, 0.1) is 12.8 Å². The lowest BCUT2D eigenvalue weighted by Crippen LogP contribution is -2.32. The second kappa shape index (κ2) is 8.37. The van der Waals surface area contributed by atoms with Crippen LogP contribution in [-0.2, 0) is 6.54 Å². The molecule has 1 aliphatic carbocycles. The molecule has 0 saturated carbocycles. The average Bonchev–Trinajstić information content (AvgIpc) is 3.12. The van der Waals surface area contributed by atoms with Crippen LogP contribution in [0.2, 0.25) is 5.02 Å². The molecule has 5 heteroatoms. The van der Waals surface area contributed by atoms with Crippen molar-refractivity contribution in [1.29, 1.82) is 0 Å². The van der Waals surface area contributed by atoms with Crippen molar-refractivity contribution in [2.75, 3.05) is 13.1 Å². The SMILES string of the molecule is Cc1nccn1CCC1=Cc2cc(Cl)ccc2C(C2CCNCC2)c2ncccc21. The van der Waals surface area contributed by atoms with Crippen LogP contribution in [-0.4, -0.2) is 27.6 Å². The van der Waals surface area contributed by atoms with E-state index in [1.807, 2.05) is 18.5 Å². The van der Waals surface area contributed by atoms with Gasteiger partial charge in [0, 0.05) is 36.1 Å². The molecule has 1 saturated heterocycles. The van der Waals surface area contributed by atoms with Crippen LogP contribution < -0.4 is 5.32 Å². The summed E-state index contributed by atoms with van der Waals surface area (Å²) in [7, 11) is 0. The Hall–Kier alpha value is -2.43. The number of nitrogens with zero attached hydrogens (tertiary/aromatic N) is 3. The molecule has 2 aliphatic rings. The van der Waals surface area contributed by atoms with Crippen LogP contribution in [0.15, 0.2) is 48.9 Å². The van der Waals surface area contributed by atoms with E-state index >= 15 is 0 Å². The Morgan fingerprint density at radius 1 is 1.13 bits per heavy atom. The first kappa shape index (κ1) is 19.5. The number of hydrogen-bond acceptors (Lipinski definition) is 3. The van der Waals surface area contributed by atoms with Gasteiger partial charge in [0.15, 0.2) is 0 Å². The molecule has 0 amide bonds. The lowest BCUT2D eigenvalue weighted by atomic mass is 9.76. The molecule has 1 N–H and O–H groups in total. The van der Waals surface area contributed by atoms with Gasteiger partial charge in [-0.2, -0.15) is 0 Å². The highest BCUT2D eigenvalue weighted by molar-refractivity contribution is 6.30. The fourth-order valence-corrected chi connectivity index (χ4v) is 5.23. The molecule has 0 spiro atoms. The minimum atomic E-state index is 0.305. The van der Waals surface area contributed by atoms with Crippen molar-refractivity contribution in [1.82, 2.24) is 19.9 Å². The predicted molar refractivity (Wildman–Crippen MR) is 123 cm³/mol. The van der Waals surface area contributed by atoms with Crippen molar-refractivity contribution < 1.29 is 0 Å². The van der Waals surface area contributed by atoms with Gasteiger partial charge in [-0.1, -0.05) is 29.8 Å². The second-order valence-electron chi connectivity index (χ2n) is 8.36. The molecule has 154 valence electrons. The van der Waals surface area contributed by atoms with Crippen molar-refractivity contribution in [2.45, 2.75) is 38.6 Å². The van der Waals surface area contributed by atoms with Gasteiger partial charge in [0.05, 0.1) is 5.69 Å². The quantitative estimate of drug-likeness (QED) is 0.623. The monoisotopic (exact) mass is 418 g/mol. The number of pyridine rings is 1. The van der Waals surface area contributed by atoms with Crippen LogP contribution >= 0.6 is 11.6 Å². The summed E-state index contributed by atoms with van der Waals surface area (Å²) in [4.78, 5) is 9.33. The molecule has 1 atom stereocenters. The van der Waals surface area contributed by atoms with E-state index in [1.165, 1.54) is 40.8 Å². The van der Waals surface area contributed by atoms with E-state index in [2.05, 4.69) is 58.3 Å². The maximum atomic E-state index is 6.43. The number of benzene rings is 1. The number of imidazole rings is 1. The third-order valence-corrected chi connectivity index (χ3v) is 6.83. The molecule has 1 aromatic carbocycles. The summed E-state index contributed by atoms with van der Waals surface area (Å²) in [5.74, 6) is 1.94. The van der Waals surface area contributed by atoms with E-state index in [4.69, 9.17) is 16.6 Å². The Morgan fingerprint density at radius 2 is 2.00 bits per heavy atom. The Morgan fingerprint density at radius 3 is 2.80 bits per heavy atom. The number of aromatic nitrogens is 3. The van der Waals surface area contributed by atoms with Gasteiger partial charge in [-0.25, -0.2) is 4.98 Å². The van der Waals surface area contributed by atoms with Gasteiger partial charge in [0.2, 0.25) is 0 Å². The highest BCUT2D eigenvalue weighted by atomic mass is 35.5. The zero-order chi connectivity index (χ0) is 20.5. The maximum absolute atomic E-state index is 6.43. The molecule has 30 heavy (non-hydrogen) atoms. The van der Waals surface area contributed by atoms with Gasteiger partial charge in [0.1, 0.15) is 5.82 Å². The Bertz CT molecular complexity index is 1080. The van der Waals surface area contributed by atoms with Crippen molar-refractivity contribution in [2.24, 2.45) is 5.92 Å². The minimum absolute atomic E-state index is 0.305. The third-order valence-electron chi connectivity index (χ3n) is 6.59. The Balaban J connectivity index is 1.61. The first-order valence-electron chi connectivity index (χ1n) is 10.8. The smallest absolute Gasteiger partial charge is 0.105 e. The first-order chi connectivity index (χ1) is 14.7. The molecule has 1 unspecified atom stereocenters. The van der Waals surface area contributed by atoms with Crippen molar-refractivity contribution in [3.63, 3.8) is 0 Å². The van der Waals surface area contributed by atoms with Crippen LogP contribution in [0.1, 0.15) is 53.4 Å². The number of hydrogen-bond donors (Lipinski definition) is 1. The molecular formula is C25H27ClN4. The number of allylic oxidation sites excluding steroid dienone is 1. The number of halogens is 1. The highest BCUT2D eigenvalue weighted by Gasteiger charge is 2.32. The van der Waals surface area contributed by atoms with Gasteiger partial charge in [-0.3, -0.25) is 4.98 Å². The van der Waals surface area contributed by atoms with Crippen molar-refractivity contribution in [3.8, 4) is 0 Å². The number of nitrogens with one attached hydrogen (secondary N) is 1. The lowest BCUT2D eigenvalue weighted by Gasteiger charge is -2.32. The van der Waals surface area contributed by atoms with E-state index in [9.17, 15) is 0 Å². The molecular weight excluding hydrogens is 392 g/mol. The van der Waals surface area contributed by atoms with E-state index in [-0.39, 0.29) is 0 Å². The molecule has 0 radical (unpaired) electrons. The predicted octanol–water partition coefficient (Wildman–Crippen LogP) is 5.32. The number of rotatable bonds is 4. The van der Waals surface area contributed by atoms with E-state index in [0.29, 0.717) is 11.8 Å². The van der Waals surface area contributed by atoms with E-state index in [1.54, 1.807) is 0 Å². The Kier molecular flexibility index (Phi) is 5.45. The fraction of sp³-hybridized carbons (Fsp3) is 0.360. The van der Waals surface area contributed by atoms with Gasteiger partial charge < -0.3 is 9.88 Å². The molecule has 1 fully saturated rings. The number of aryl methyl sites for hydroxylation is 2. The topological polar surface area (TPSA) is 42.7 Å². The standard InChI is InChI=1S/C25H27ClN4/c1-17-28-12-14-30(17)13-8-19-15-20-16-21(26)4-5-22(20)24(18-6-10-27-11-7-18)25-23(19)3-2-9-29-25/h2-5,9,12,14-16,18,24,27H,6-8,10-11,13H2,1H3. The third kappa shape index (κ3) is 3.70. The minimum Gasteiger partial charge on any atom is -0.335 e. The summed E-state index contributed by atoms with van der Waals surface area (Å²) in [5.41, 5.74) is 6.43. The normalized spacial score (nSPS) is 19.0. The van der Waals surface area contributed by atoms with Crippen LogP contribution in [0.5, 0.6) is 0 Å². The van der Waals surface area contributed by atoms with E-state index in [0.717, 1.165) is 36.9 Å². The first-order valence-corrected chi connectivity index (χ1v) is 11.2. The molecule has 3 aromatic rings.